The van der Waals surface area contributed by atoms with Gasteiger partial charge in [0.2, 0.25) is 0 Å². The first-order valence-electron chi connectivity index (χ1n) is 7.37. The Labute approximate surface area is 132 Å². The Kier molecular flexibility index (Phi) is 5.76. The van der Waals surface area contributed by atoms with Gasteiger partial charge in [-0.2, -0.15) is 5.10 Å². The topological polar surface area (TPSA) is 66.0 Å². The molecule has 23 heavy (non-hydrogen) atoms. The summed E-state index contributed by atoms with van der Waals surface area (Å²) < 4.78 is 28.3. The molecule has 0 fully saturated rings. The maximum absolute atomic E-state index is 14.2. The van der Waals surface area contributed by atoms with Crippen LogP contribution < -0.4 is 5.56 Å². The smallest absolute Gasteiger partial charge is 0.264 e. The molecule has 0 amide bonds. The summed E-state index contributed by atoms with van der Waals surface area (Å²) in [5.74, 6) is -1.96. The van der Waals surface area contributed by atoms with E-state index < -0.39 is 17.2 Å². The number of allylic oxidation sites excluding steroid dienone is 1. The SMILES string of the molecule is CC(O)CCC/C=C/c1ccc(-c2ccc(=O)[nH]n2)c(F)c1F. The lowest BCUT2D eigenvalue weighted by Crippen LogP contribution is -2.06. The average Bonchev–Trinajstić information content (AvgIpc) is 2.52. The lowest BCUT2D eigenvalue weighted by molar-refractivity contribution is 0.182. The van der Waals surface area contributed by atoms with E-state index in [2.05, 4.69) is 10.2 Å². The van der Waals surface area contributed by atoms with E-state index >= 15 is 0 Å². The molecule has 0 aliphatic rings. The van der Waals surface area contributed by atoms with Crippen molar-refractivity contribution in [3.63, 3.8) is 0 Å². The molecular weight excluding hydrogens is 302 g/mol. The van der Waals surface area contributed by atoms with Crippen molar-refractivity contribution in [1.82, 2.24) is 10.2 Å². The second-order valence-electron chi connectivity index (χ2n) is 5.32. The number of H-pyrrole nitrogens is 1. The number of unbranched alkanes of at least 4 members (excludes halogenated alkanes) is 1. The number of rotatable bonds is 6. The minimum absolute atomic E-state index is 0.00925. The van der Waals surface area contributed by atoms with E-state index in [9.17, 15) is 13.6 Å². The van der Waals surface area contributed by atoms with Crippen LogP contribution >= 0.6 is 0 Å². The number of nitrogens with one attached hydrogen (secondary N) is 1. The number of aromatic amines is 1. The van der Waals surface area contributed by atoms with Gasteiger partial charge in [0.15, 0.2) is 11.6 Å². The highest BCUT2D eigenvalue weighted by Gasteiger charge is 2.14. The van der Waals surface area contributed by atoms with E-state index in [1.165, 1.54) is 30.3 Å². The predicted octanol–water partition coefficient (Wildman–Crippen LogP) is 3.28. The lowest BCUT2D eigenvalue weighted by atomic mass is 10.1. The molecule has 0 aliphatic heterocycles. The molecule has 0 aliphatic carbocycles. The molecular formula is C17H18F2N2O2. The molecule has 6 heteroatoms. The van der Waals surface area contributed by atoms with Crippen molar-refractivity contribution in [2.45, 2.75) is 32.3 Å². The van der Waals surface area contributed by atoms with Gasteiger partial charge in [0.25, 0.3) is 5.56 Å². The molecule has 1 aromatic heterocycles. The Morgan fingerprint density at radius 3 is 2.70 bits per heavy atom. The average molecular weight is 320 g/mol. The van der Waals surface area contributed by atoms with Crippen LogP contribution in [0.3, 0.4) is 0 Å². The van der Waals surface area contributed by atoms with Crippen LogP contribution in [0.4, 0.5) is 8.78 Å². The van der Waals surface area contributed by atoms with Crippen molar-refractivity contribution in [2.75, 3.05) is 0 Å². The fraction of sp³-hybridized carbons (Fsp3) is 0.294. The molecule has 0 radical (unpaired) electrons. The summed E-state index contributed by atoms with van der Waals surface area (Å²) in [5.41, 5.74) is -0.113. The Hall–Kier alpha value is -2.34. The second-order valence-corrected chi connectivity index (χ2v) is 5.32. The molecule has 2 N–H and O–H groups in total. The zero-order chi connectivity index (χ0) is 16.8. The van der Waals surface area contributed by atoms with Crippen molar-refractivity contribution in [3.05, 3.63) is 57.9 Å². The number of benzene rings is 1. The van der Waals surface area contributed by atoms with Crippen LogP contribution in [-0.4, -0.2) is 21.4 Å². The standard InChI is InChI=1S/C17H18F2N2O2/c1-11(22)5-3-2-4-6-12-7-8-13(17(19)16(12)18)14-9-10-15(23)21-20-14/h4,6-11,22H,2-3,5H2,1H3,(H,21,23)/b6-4+. The number of aliphatic hydroxyl groups excluding tert-OH is 1. The Balaban J connectivity index is 2.15. The van der Waals surface area contributed by atoms with Crippen LogP contribution in [-0.2, 0) is 0 Å². The Bertz CT molecular complexity index is 734. The molecule has 0 bridgehead atoms. The summed E-state index contributed by atoms with van der Waals surface area (Å²) in [6.07, 6.45) is 5.02. The maximum Gasteiger partial charge on any atom is 0.264 e. The number of aliphatic hydroxyl groups is 1. The minimum Gasteiger partial charge on any atom is -0.393 e. The fourth-order valence-corrected chi connectivity index (χ4v) is 2.13. The summed E-state index contributed by atoms with van der Waals surface area (Å²) in [6.45, 7) is 1.71. The van der Waals surface area contributed by atoms with Crippen LogP contribution in [0.5, 0.6) is 0 Å². The fourth-order valence-electron chi connectivity index (χ4n) is 2.13. The zero-order valence-corrected chi connectivity index (χ0v) is 12.7. The summed E-state index contributed by atoms with van der Waals surface area (Å²) in [7, 11) is 0. The zero-order valence-electron chi connectivity index (χ0n) is 12.7. The second kappa shape index (κ2) is 7.78. The van der Waals surface area contributed by atoms with Crippen LogP contribution in [0.1, 0.15) is 31.7 Å². The van der Waals surface area contributed by atoms with Gasteiger partial charge in [0.05, 0.1) is 11.8 Å². The highest BCUT2D eigenvalue weighted by molar-refractivity contribution is 5.63. The number of aromatic nitrogens is 2. The molecule has 0 saturated carbocycles. The highest BCUT2D eigenvalue weighted by atomic mass is 19.2. The molecule has 1 heterocycles. The molecule has 2 aromatic rings. The molecule has 4 nitrogen and oxygen atoms in total. The van der Waals surface area contributed by atoms with Gasteiger partial charge in [-0.3, -0.25) is 4.79 Å². The number of halogens is 2. The van der Waals surface area contributed by atoms with Crippen LogP contribution in [0.25, 0.3) is 17.3 Å². The van der Waals surface area contributed by atoms with Crippen molar-refractivity contribution in [2.24, 2.45) is 0 Å². The van der Waals surface area contributed by atoms with E-state index in [1.807, 2.05) is 0 Å². The van der Waals surface area contributed by atoms with Crippen molar-refractivity contribution < 1.29 is 13.9 Å². The number of hydrogen-bond acceptors (Lipinski definition) is 3. The number of nitrogens with zero attached hydrogens (tertiary/aromatic N) is 1. The molecule has 1 atom stereocenters. The van der Waals surface area contributed by atoms with Gasteiger partial charge in [-0.15, -0.1) is 0 Å². The highest BCUT2D eigenvalue weighted by Crippen LogP contribution is 2.25. The third-order valence-corrected chi connectivity index (χ3v) is 3.36. The molecule has 1 unspecified atom stereocenters. The van der Waals surface area contributed by atoms with Crippen LogP contribution in [0.15, 0.2) is 35.1 Å². The van der Waals surface area contributed by atoms with Crippen molar-refractivity contribution in [3.8, 4) is 11.3 Å². The Morgan fingerprint density at radius 1 is 1.26 bits per heavy atom. The summed E-state index contributed by atoms with van der Waals surface area (Å²) in [6, 6.07) is 5.43. The van der Waals surface area contributed by atoms with Crippen LogP contribution in [0, 0.1) is 11.6 Å². The van der Waals surface area contributed by atoms with Gasteiger partial charge in [-0.25, -0.2) is 13.9 Å². The Morgan fingerprint density at radius 2 is 2.04 bits per heavy atom. The summed E-state index contributed by atoms with van der Waals surface area (Å²) in [5, 5.41) is 15.0. The molecule has 122 valence electrons. The maximum atomic E-state index is 14.2. The lowest BCUT2D eigenvalue weighted by Gasteiger charge is -2.05. The van der Waals surface area contributed by atoms with E-state index in [0.717, 1.165) is 6.42 Å². The normalized spacial score (nSPS) is 12.7. The van der Waals surface area contributed by atoms with Crippen molar-refractivity contribution >= 4 is 6.08 Å². The van der Waals surface area contributed by atoms with Gasteiger partial charge in [-0.1, -0.05) is 18.2 Å². The molecule has 2 rings (SSSR count). The minimum atomic E-state index is -1.00. The first kappa shape index (κ1) is 17.0. The van der Waals surface area contributed by atoms with E-state index in [0.29, 0.717) is 12.8 Å². The molecule has 0 saturated heterocycles. The van der Waals surface area contributed by atoms with Gasteiger partial charge < -0.3 is 5.11 Å². The summed E-state index contributed by atoms with van der Waals surface area (Å²) in [4.78, 5) is 11.0. The predicted molar refractivity (Wildman–Crippen MR) is 84.8 cm³/mol. The van der Waals surface area contributed by atoms with Gasteiger partial charge >= 0.3 is 0 Å². The van der Waals surface area contributed by atoms with Crippen molar-refractivity contribution in [1.29, 1.82) is 0 Å². The van der Waals surface area contributed by atoms with E-state index in [-0.39, 0.29) is 22.9 Å². The van der Waals surface area contributed by atoms with E-state index in [1.54, 1.807) is 13.0 Å². The molecule has 0 spiro atoms. The van der Waals surface area contributed by atoms with E-state index in [4.69, 9.17) is 5.11 Å². The first-order chi connectivity index (χ1) is 11.0. The molecule has 1 aromatic carbocycles. The number of hydrogen-bond donors (Lipinski definition) is 2. The third-order valence-electron chi connectivity index (χ3n) is 3.36. The summed E-state index contributed by atoms with van der Waals surface area (Å²) >= 11 is 0. The largest absolute Gasteiger partial charge is 0.393 e. The quantitative estimate of drug-likeness (QED) is 0.803. The van der Waals surface area contributed by atoms with Gasteiger partial charge in [0.1, 0.15) is 0 Å². The third kappa shape index (κ3) is 4.56. The van der Waals surface area contributed by atoms with Gasteiger partial charge in [0, 0.05) is 17.2 Å². The van der Waals surface area contributed by atoms with Crippen LogP contribution in [0.2, 0.25) is 0 Å². The monoisotopic (exact) mass is 320 g/mol. The van der Waals surface area contributed by atoms with Gasteiger partial charge in [-0.05, 0) is 38.3 Å². The first-order valence-corrected chi connectivity index (χ1v) is 7.37.